The Balaban J connectivity index is 1.37. The van der Waals surface area contributed by atoms with Crippen molar-refractivity contribution in [3.05, 3.63) is 140 Å². The van der Waals surface area contributed by atoms with Gasteiger partial charge in [0, 0.05) is 32.5 Å². The molecule has 0 N–H and O–H groups in total. The molecular formula is C41H23N5O. The van der Waals surface area contributed by atoms with Crippen molar-refractivity contribution >= 4 is 82.2 Å². The molecule has 0 bridgehead atoms. The van der Waals surface area contributed by atoms with Crippen molar-refractivity contribution in [1.82, 2.24) is 23.9 Å². The molecule has 6 heteroatoms. The number of fused-ring (bicyclic) bond motifs is 15. The first-order valence-corrected chi connectivity index (χ1v) is 15.7. The van der Waals surface area contributed by atoms with Crippen LogP contribution in [0, 0.1) is 0 Å². The molecule has 0 aliphatic heterocycles. The van der Waals surface area contributed by atoms with Gasteiger partial charge < -0.3 is 4.42 Å². The first-order valence-electron chi connectivity index (χ1n) is 15.7. The van der Waals surface area contributed by atoms with Gasteiger partial charge >= 0.3 is 0 Å². The molecule has 6 aromatic carbocycles. The molecule has 0 aliphatic carbocycles. The van der Waals surface area contributed by atoms with Crippen LogP contribution in [0.2, 0.25) is 0 Å². The molecule has 11 aromatic rings. The Labute approximate surface area is 266 Å². The normalized spacial score (nSPS) is 12.3. The monoisotopic (exact) mass is 601 g/mol. The van der Waals surface area contributed by atoms with Gasteiger partial charge in [0.1, 0.15) is 22.3 Å². The Hall–Kier alpha value is -6.53. The number of imidazole rings is 1. The van der Waals surface area contributed by atoms with E-state index in [2.05, 4.69) is 118 Å². The molecule has 11 rings (SSSR count). The summed E-state index contributed by atoms with van der Waals surface area (Å²) in [5, 5.41) is 6.38. The Morgan fingerprint density at radius 2 is 1.17 bits per heavy atom. The van der Waals surface area contributed by atoms with Gasteiger partial charge in [-0.2, -0.15) is 0 Å². The van der Waals surface area contributed by atoms with E-state index in [0.29, 0.717) is 5.95 Å². The van der Waals surface area contributed by atoms with Crippen molar-refractivity contribution in [2.45, 2.75) is 0 Å². The summed E-state index contributed by atoms with van der Waals surface area (Å²) < 4.78 is 10.8. The minimum absolute atomic E-state index is 0.630. The van der Waals surface area contributed by atoms with Crippen molar-refractivity contribution in [3.8, 4) is 17.2 Å². The number of nitrogens with zero attached hydrogens (tertiary/aromatic N) is 5. The van der Waals surface area contributed by atoms with Crippen LogP contribution in [0.15, 0.2) is 144 Å². The van der Waals surface area contributed by atoms with Crippen LogP contribution in [0.1, 0.15) is 0 Å². The van der Waals surface area contributed by atoms with Crippen LogP contribution in [0.4, 0.5) is 0 Å². The topological polar surface area (TPSA) is 61.2 Å². The number of hydrogen-bond acceptors (Lipinski definition) is 4. The highest BCUT2D eigenvalue weighted by Gasteiger charge is 2.24. The quantitative estimate of drug-likeness (QED) is 0.198. The summed E-state index contributed by atoms with van der Waals surface area (Å²) in [5.74, 6) is 0.630. The molecule has 0 atom stereocenters. The fourth-order valence-electron chi connectivity index (χ4n) is 7.53. The summed E-state index contributed by atoms with van der Waals surface area (Å²) in [6.07, 6.45) is 0. The zero-order valence-corrected chi connectivity index (χ0v) is 24.9. The maximum absolute atomic E-state index is 6.28. The predicted molar refractivity (Wildman–Crippen MR) is 190 cm³/mol. The Morgan fingerprint density at radius 3 is 2.04 bits per heavy atom. The van der Waals surface area contributed by atoms with E-state index in [9.17, 15) is 0 Å². The van der Waals surface area contributed by atoms with Crippen molar-refractivity contribution < 1.29 is 4.42 Å². The standard InChI is InChI=1S/C41H23N5O/c1-2-12-24(13-3-1)36-27-16-6-9-19-30(27)42-41(44-36)46-31-20-10-7-17-28(31)39-38(46)25-14-4-5-15-26(25)40-43-37-32(45(39)40)22-23-34-35(37)29-18-8-11-21-33(29)47-34/h1-23H. The van der Waals surface area contributed by atoms with Crippen molar-refractivity contribution in [3.63, 3.8) is 0 Å². The van der Waals surface area contributed by atoms with Crippen LogP contribution in [0.5, 0.6) is 0 Å². The van der Waals surface area contributed by atoms with E-state index in [1.807, 2.05) is 30.3 Å². The lowest BCUT2D eigenvalue weighted by Gasteiger charge is -2.13. The molecule has 0 unspecified atom stereocenters. The molecule has 5 heterocycles. The second-order valence-electron chi connectivity index (χ2n) is 12.0. The maximum atomic E-state index is 6.28. The molecule has 0 spiro atoms. The minimum Gasteiger partial charge on any atom is -0.456 e. The molecule has 6 nitrogen and oxygen atoms in total. The Kier molecular flexibility index (Phi) is 4.75. The van der Waals surface area contributed by atoms with Crippen LogP contribution in [-0.4, -0.2) is 23.9 Å². The first-order chi connectivity index (χ1) is 23.3. The van der Waals surface area contributed by atoms with Gasteiger partial charge in [-0.05, 0) is 30.3 Å². The predicted octanol–water partition coefficient (Wildman–Crippen LogP) is 10.2. The number of benzene rings is 6. The second-order valence-corrected chi connectivity index (χ2v) is 12.0. The molecule has 47 heavy (non-hydrogen) atoms. The molecule has 0 fully saturated rings. The minimum atomic E-state index is 0.630. The van der Waals surface area contributed by atoms with Crippen molar-refractivity contribution in [2.75, 3.05) is 0 Å². The largest absolute Gasteiger partial charge is 0.456 e. The Morgan fingerprint density at radius 1 is 0.468 bits per heavy atom. The van der Waals surface area contributed by atoms with E-state index in [-0.39, 0.29) is 0 Å². The third-order valence-electron chi connectivity index (χ3n) is 9.50. The van der Waals surface area contributed by atoms with Crippen LogP contribution in [-0.2, 0) is 0 Å². The van der Waals surface area contributed by atoms with Gasteiger partial charge in [-0.1, -0.05) is 109 Å². The third-order valence-corrected chi connectivity index (χ3v) is 9.50. The molecule has 0 aliphatic rings. The van der Waals surface area contributed by atoms with Gasteiger partial charge in [0.15, 0.2) is 0 Å². The molecular weight excluding hydrogens is 578 g/mol. The van der Waals surface area contributed by atoms with Gasteiger partial charge in [-0.15, -0.1) is 0 Å². The lowest BCUT2D eigenvalue weighted by molar-refractivity contribution is 0.669. The van der Waals surface area contributed by atoms with Gasteiger partial charge in [0.05, 0.1) is 38.7 Å². The summed E-state index contributed by atoms with van der Waals surface area (Å²) >= 11 is 0. The molecule has 0 saturated carbocycles. The average Bonchev–Trinajstić information content (AvgIpc) is 3.81. The number of aromatic nitrogens is 5. The Bertz CT molecular complexity index is 3080. The second kappa shape index (κ2) is 9.02. The summed E-state index contributed by atoms with van der Waals surface area (Å²) in [4.78, 5) is 15.9. The van der Waals surface area contributed by atoms with Crippen LogP contribution in [0.25, 0.3) is 99.4 Å². The van der Waals surface area contributed by atoms with E-state index in [1.165, 1.54) is 0 Å². The fraction of sp³-hybridized carbons (Fsp3) is 0. The molecule has 0 amide bonds. The highest BCUT2D eigenvalue weighted by Crippen LogP contribution is 2.42. The first kappa shape index (κ1) is 24.8. The lowest BCUT2D eigenvalue weighted by Crippen LogP contribution is -2.04. The summed E-state index contributed by atoms with van der Waals surface area (Å²) in [7, 11) is 0. The van der Waals surface area contributed by atoms with Crippen LogP contribution < -0.4 is 0 Å². The van der Waals surface area contributed by atoms with Crippen LogP contribution in [0.3, 0.4) is 0 Å². The summed E-state index contributed by atoms with van der Waals surface area (Å²) in [6, 6.07) is 48.1. The summed E-state index contributed by atoms with van der Waals surface area (Å²) in [6.45, 7) is 0. The van der Waals surface area contributed by atoms with E-state index in [4.69, 9.17) is 19.4 Å². The van der Waals surface area contributed by atoms with E-state index in [0.717, 1.165) is 93.5 Å². The molecule has 218 valence electrons. The fourth-order valence-corrected chi connectivity index (χ4v) is 7.53. The van der Waals surface area contributed by atoms with Gasteiger partial charge in [0.25, 0.3) is 0 Å². The summed E-state index contributed by atoms with van der Waals surface area (Å²) in [5.41, 5.74) is 10.6. The van der Waals surface area contributed by atoms with Crippen molar-refractivity contribution in [1.29, 1.82) is 0 Å². The number of para-hydroxylation sites is 3. The number of pyridine rings is 1. The average molecular weight is 602 g/mol. The highest BCUT2D eigenvalue weighted by atomic mass is 16.3. The number of hydrogen-bond donors (Lipinski definition) is 0. The third kappa shape index (κ3) is 3.26. The SMILES string of the molecule is c1ccc(-c2nc(-n3c4ccccc4c4c3c3ccccc3c3nc5c6c(ccc5n34)oc3ccccc36)nc3ccccc23)cc1. The lowest BCUT2D eigenvalue weighted by atomic mass is 10.1. The number of rotatable bonds is 2. The zero-order chi connectivity index (χ0) is 30.6. The van der Waals surface area contributed by atoms with Crippen LogP contribution >= 0.6 is 0 Å². The maximum Gasteiger partial charge on any atom is 0.235 e. The van der Waals surface area contributed by atoms with E-state index < -0.39 is 0 Å². The molecule has 5 aromatic heterocycles. The molecule has 0 radical (unpaired) electrons. The van der Waals surface area contributed by atoms with Crippen molar-refractivity contribution in [2.24, 2.45) is 0 Å². The van der Waals surface area contributed by atoms with Gasteiger partial charge in [-0.3, -0.25) is 8.97 Å². The van der Waals surface area contributed by atoms with E-state index in [1.54, 1.807) is 0 Å². The van der Waals surface area contributed by atoms with Gasteiger partial charge in [-0.25, -0.2) is 15.0 Å². The smallest absolute Gasteiger partial charge is 0.235 e. The van der Waals surface area contributed by atoms with Gasteiger partial charge in [0.2, 0.25) is 5.95 Å². The number of furan rings is 1. The highest BCUT2D eigenvalue weighted by molar-refractivity contribution is 6.24. The van der Waals surface area contributed by atoms with E-state index >= 15 is 0 Å². The zero-order valence-electron chi connectivity index (χ0n) is 24.9. The molecule has 0 saturated heterocycles.